The van der Waals surface area contributed by atoms with Gasteiger partial charge >= 0.3 is 5.97 Å². The summed E-state index contributed by atoms with van der Waals surface area (Å²) in [6.07, 6.45) is 0. The molecule has 0 aliphatic heterocycles. The number of halogens is 1. The lowest BCUT2D eigenvalue weighted by Crippen LogP contribution is -2.22. The lowest BCUT2D eigenvalue weighted by molar-refractivity contribution is -0.142. The van der Waals surface area contributed by atoms with E-state index in [9.17, 15) is 9.59 Å². The van der Waals surface area contributed by atoms with Crippen molar-refractivity contribution in [3.63, 3.8) is 0 Å². The number of carbonyl (C=O) groups is 2. The maximum Gasteiger partial charge on any atom is 0.343 e. The third kappa shape index (κ3) is 5.58. The molecular weight excluding hydrogens is 272 g/mol. The Kier molecular flexibility index (Phi) is 7.55. The van der Waals surface area contributed by atoms with E-state index >= 15 is 0 Å². The van der Waals surface area contributed by atoms with Crippen LogP contribution in [0.1, 0.15) is 5.56 Å². The summed E-state index contributed by atoms with van der Waals surface area (Å²) < 4.78 is 9.67. The summed E-state index contributed by atoms with van der Waals surface area (Å²) in [4.78, 5) is 22.0. The van der Waals surface area contributed by atoms with Gasteiger partial charge in [0, 0.05) is 5.69 Å². The Balaban J connectivity index is 0.00000324. The molecule has 3 N–H and O–H groups in total. The molecule has 1 rings (SSSR count). The monoisotopic (exact) mass is 288 g/mol. The number of hydrogen-bond acceptors (Lipinski definition) is 5. The third-order valence-corrected chi connectivity index (χ3v) is 2.24. The van der Waals surface area contributed by atoms with Crippen LogP contribution in [0.15, 0.2) is 18.2 Å². The van der Waals surface area contributed by atoms with Gasteiger partial charge in [0.1, 0.15) is 5.75 Å². The van der Waals surface area contributed by atoms with Crippen molar-refractivity contribution in [3.05, 3.63) is 23.8 Å². The van der Waals surface area contributed by atoms with Gasteiger partial charge in [-0.1, -0.05) is 0 Å². The molecule has 0 saturated heterocycles. The first-order valence-corrected chi connectivity index (χ1v) is 5.37. The number of aryl methyl sites for hydroxylation is 1. The molecule has 106 valence electrons. The van der Waals surface area contributed by atoms with E-state index in [1.165, 1.54) is 7.11 Å². The number of methoxy groups -OCH3 is 1. The van der Waals surface area contributed by atoms with Gasteiger partial charge in [0.05, 0.1) is 13.7 Å². The van der Waals surface area contributed by atoms with Gasteiger partial charge < -0.3 is 20.5 Å². The van der Waals surface area contributed by atoms with E-state index in [1.54, 1.807) is 18.2 Å². The van der Waals surface area contributed by atoms with Gasteiger partial charge in [-0.3, -0.25) is 4.79 Å². The molecule has 0 bridgehead atoms. The highest BCUT2D eigenvalue weighted by Gasteiger charge is 2.06. The lowest BCUT2D eigenvalue weighted by Gasteiger charge is -2.10. The van der Waals surface area contributed by atoms with E-state index in [2.05, 4.69) is 10.1 Å². The number of ether oxygens (including phenoxy) is 2. The zero-order chi connectivity index (χ0) is 13.5. The minimum Gasteiger partial charge on any atom is -0.482 e. The fourth-order valence-corrected chi connectivity index (χ4v) is 1.27. The van der Waals surface area contributed by atoms with Crippen LogP contribution < -0.4 is 15.8 Å². The minimum absolute atomic E-state index is 0. The standard InChI is InChI=1S/C12H16N2O4.ClH/c1-8-5-9(18-7-12(16)17-2)3-4-10(8)14-11(15)6-13;/h3-5H,6-7,13H2,1-2H3,(H,14,15);1H. The summed E-state index contributed by atoms with van der Waals surface area (Å²) in [5, 5.41) is 2.65. The number of benzene rings is 1. The van der Waals surface area contributed by atoms with E-state index in [4.69, 9.17) is 10.5 Å². The molecule has 19 heavy (non-hydrogen) atoms. The Morgan fingerprint density at radius 2 is 2.05 bits per heavy atom. The summed E-state index contributed by atoms with van der Waals surface area (Å²) in [6, 6.07) is 5.06. The van der Waals surface area contributed by atoms with Crippen molar-refractivity contribution in [3.8, 4) is 5.75 Å². The third-order valence-electron chi connectivity index (χ3n) is 2.24. The van der Waals surface area contributed by atoms with Gasteiger partial charge in [-0.25, -0.2) is 4.79 Å². The second-order valence-corrected chi connectivity index (χ2v) is 3.59. The molecule has 6 nitrogen and oxygen atoms in total. The van der Waals surface area contributed by atoms with Crippen molar-refractivity contribution < 1.29 is 19.1 Å². The largest absolute Gasteiger partial charge is 0.482 e. The van der Waals surface area contributed by atoms with Crippen LogP contribution in [0.5, 0.6) is 5.75 Å². The molecular formula is C12H17ClN2O4. The summed E-state index contributed by atoms with van der Waals surface area (Å²) >= 11 is 0. The fraction of sp³-hybridized carbons (Fsp3) is 0.333. The molecule has 0 spiro atoms. The number of nitrogens with two attached hydrogens (primary N) is 1. The van der Waals surface area contributed by atoms with Crippen molar-refractivity contribution in [2.45, 2.75) is 6.92 Å². The summed E-state index contributed by atoms with van der Waals surface area (Å²) in [5.74, 6) is -0.182. The van der Waals surface area contributed by atoms with Crippen LogP contribution >= 0.6 is 12.4 Å². The van der Waals surface area contributed by atoms with Crippen molar-refractivity contribution in [1.29, 1.82) is 0 Å². The number of anilines is 1. The SMILES string of the molecule is COC(=O)COc1ccc(NC(=O)CN)c(C)c1.Cl. The summed E-state index contributed by atoms with van der Waals surface area (Å²) in [5.41, 5.74) is 6.69. The van der Waals surface area contributed by atoms with Gasteiger partial charge in [0.2, 0.25) is 5.91 Å². The first-order chi connectivity index (χ1) is 8.56. The molecule has 0 heterocycles. The highest BCUT2D eigenvalue weighted by molar-refractivity contribution is 5.92. The molecule has 1 amide bonds. The van der Waals surface area contributed by atoms with Gasteiger partial charge in [-0.15, -0.1) is 12.4 Å². The van der Waals surface area contributed by atoms with Crippen LogP contribution in [0.2, 0.25) is 0 Å². The van der Waals surface area contributed by atoms with E-state index < -0.39 is 5.97 Å². The molecule has 0 aliphatic carbocycles. The highest BCUT2D eigenvalue weighted by Crippen LogP contribution is 2.21. The summed E-state index contributed by atoms with van der Waals surface area (Å²) in [7, 11) is 1.29. The Morgan fingerprint density at radius 3 is 2.58 bits per heavy atom. The molecule has 0 saturated carbocycles. The topological polar surface area (TPSA) is 90.6 Å². The number of amides is 1. The number of hydrogen-bond donors (Lipinski definition) is 2. The van der Waals surface area contributed by atoms with Crippen LogP contribution in [-0.4, -0.2) is 32.1 Å². The van der Waals surface area contributed by atoms with Gasteiger partial charge in [0.15, 0.2) is 6.61 Å². The van der Waals surface area contributed by atoms with E-state index in [0.717, 1.165) is 5.56 Å². The van der Waals surface area contributed by atoms with Crippen LogP contribution in [0.25, 0.3) is 0 Å². The van der Waals surface area contributed by atoms with Gasteiger partial charge in [-0.05, 0) is 30.7 Å². The van der Waals surface area contributed by atoms with Crippen molar-refractivity contribution in [1.82, 2.24) is 0 Å². The Labute approximate surface area is 117 Å². The predicted molar refractivity (Wildman–Crippen MR) is 73.6 cm³/mol. The molecule has 0 aliphatic rings. The first kappa shape index (κ1) is 17.2. The van der Waals surface area contributed by atoms with E-state index in [0.29, 0.717) is 11.4 Å². The Bertz CT molecular complexity index is 451. The van der Waals surface area contributed by atoms with Gasteiger partial charge in [-0.2, -0.15) is 0 Å². The Hall–Kier alpha value is -1.79. The zero-order valence-corrected chi connectivity index (χ0v) is 11.6. The minimum atomic E-state index is -0.451. The lowest BCUT2D eigenvalue weighted by atomic mass is 10.2. The molecule has 7 heteroatoms. The highest BCUT2D eigenvalue weighted by atomic mass is 35.5. The normalized spacial score (nSPS) is 9.21. The predicted octanol–water partition coefficient (Wildman–Crippen LogP) is 0.866. The van der Waals surface area contributed by atoms with E-state index in [1.807, 2.05) is 6.92 Å². The van der Waals surface area contributed by atoms with Crippen LogP contribution in [-0.2, 0) is 14.3 Å². The first-order valence-electron chi connectivity index (χ1n) is 5.37. The quantitative estimate of drug-likeness (QED) is 0.785. The van der Waals surface area contributed by atoms with E-state index in [-0.39, 0.29) is 31.5 Å². The smallest absolute Gasteiger partial charge is 0.343 e. The zero-order valence-electron chi connectivity index (χ0n) is 10.8. The molecule has 1 aromatic carbocycles. The maximum atomic E-state index is 11.1. The van der Waals surface area contributed by atoms with Crippen LogP contribution in [0.3, 0.4) is 0 Å². The Morgan fingerprint density at radius 1 is 1.37 bits per heavy atom. The molecule has 0 radical (unpaired) electrons. The average molecular weight is 289 g/mol. The fourth-order valence-electron chi connectivity index (χ4n) is 1.27. The molecule has 0 unspecified atom stereocenters. The van der Waals surface area contributed by atoms with Gasteiger partial charge in [0.25, 0.3) is 0 Å². The van der Waals surface area contributed by atoms with Crippen molar-refractivity contribution in [2.75, 3.05) is 25.6 Å². The molecule has 0 atom stereocenters. The number of rotatable bonds is 5. The van der Waals surface area contributed by atoms with Crippen LogP contribution in [0.4, 0.5) is 5.69 Å². The molecule has 1 aromatic rings. The second-order valence-electron chi connectivity index (χ2n) is 3.59. The number of esters is 1. The van der Waals surface area contributed by atoms with Crippen molar-refractivity contribution in [2.24, 2.45) is 5.73 Å². The summed E-state index contributed by atoms with van der Waals surface area (Å²) in [6.45, 7) is 1.60. The molecule has 0 aromatic heterocycles. The maximum absolute atomic E-state index is 11.1. The molecule has 0 fully saturated rings. The average Bonchev–Trinajstić information content (AvgIpc) is 2.38. The second kappa shape index (κ2) is 8.34. The number of carbonyl (C=O) groups excluding carboxylic acids is 2. The number of nitrogens with one attached hydrogen (secondary N) is 1. The van der Waals surface area contributed by atoms with Crippen molar-refractivity contribution >= 4 is 30.0 Å². The van der Waals surface area contributed by atoms with Crippen LogP contribution in [0, 0.1) is 6.92 Å².